The van der Waals surface area contributed by atoms with Crippen molar-refractivity contribution in [1.82, 2.24) is 10.6 Å². The van der Waals surface area contributed by atoms with Crippen LogP contribution in [0.4, 0.5) is 0 Å². The molecule has 0 bridgehead atoms. The van der Waals surface area contributed by atoms with Gasteiger partial charge in [0, 0.05) is 31.6 Å². The Kier molecular flexibility index (Phi) is 6.00. The van der Waals surface area contributed by atoms with E-state index in [4.69, 9.17) is 0 Å². The Morgan fingerprint density at radius 1 is 1.28 bits per heavy atom. The fraction of sp³-hybridized carbons (Fsp3) is 0.462. The van der Waals surface area contributed by atoms with Crippen molar-refractivity contribution in [3.05, 3.63) is 23.8 Å². The number of phenols is 2. The van der Waals surface area contributed by atoms with Crippen molar-refractivity contribution in [2.24, 2.45) is 0 Å². The summed E-state index contributed by atoms with van der Waals surface area (Å²) in [4.78, 5) is 11.3. The Morgan fingerprint density at radius 2 is 2.06 bits per heavy atom. The van der Waals surface area contributed by atoms with Crippen LogP contribution in [0.25, 0.3) is 0 Å². The molecule has 18 heavy (non-hydrogen) atoms. The van der Waals surface area contributed by atoms with Crippen molar-refractivity contribution < 1.29 is 15.0 Å². The summed E-state index contributed by atoms with van der Waals surface area (Å²) in [5.74, 6) is -0.222. The highest BCUT2D eigenvalue weighted by atomic mass is 16.3. The summed E-state index contributed by atoms with van der Waals surface area (Å²) in [5, 5.41) is 24.7. The van der Waals surface area contributed by atoms with Gasteiger partial charge in [0.25, 0.3) is 0 Å². The molecule has 0 unspecified atom stereocenters. The first-order valence-electron chi connectivity index (χ1n) is 6.12. The van der Waals surface area contributed by atoms with Crippen molar-refractivity contribution in [3.8, 4) is 11.5 Å². The predicted molar refractivity (Wildman–Crippen MR) is 69.4 cm³/mol. The van der Waals surface area contributed by atoms with Gasteiger partial charge in [-0.15, -0.1) is 0 Å². The molecule has 1 amide bonds. The number of aromatic hydroxyl groups is 2. The molecule has 0 aliphatic rings. The third kappa shape index (κ3) is 4.63. The fourth-order valence-electron chi connectivity index (χ4n) is 1.50. The van der Waals surface area contributed by atoms with Crippen LogP contribution in [0, 0.1) is 0 Å². The summed E-state index contributed by atoms with van der Waals surface area (Å²) in [6, 6.07) is 4.82. The molecule has 5 heteroatoms. The molecule has 0 aliphatic carbocycles. The van der Waals surface area contributed by atoms with E-state index >= 15 is 0 Å². The van der Waals surface area contributed by atoms with E-state index in [0.29, 0.717) is 31.6 Å². The maximum absolute atomic E-state index is 11.3. The zero-order valence-electron chi connectivity index (χ0n) is 10.6. The van der Waals surface area contributed by atoms with Gasteiger partial charge in [-0.3, -0.25) is 4.79 Å². The SMILES string of the molecule is CCCNC(=O)CCNCc1cccc(O)c1O. The summed E-state index contributed by atoms with van der Waals surface area (Å²) in [7, 11) is 0. The van der Waals surface area contributed by atoms with E-state index in [1.807, 2.05) is 6.92 Å². The monoisotopic (exact) mass is 252 g/mol. The lowest BCUT2D eigenvalue weighted by Crippen LogP contribution is -2.28. The Balaban J connectivity index is 2.25. The van der Waals surface area contributed by atoms with Crippen LogP contribution in [0.15, 0.2) is 18.2 Å². The molecule has 0 saturated heterocycles. The highest BCUT2D eigenvalue weighted by Gasteiger charge is 2.05. The largest absolute Gasteiger partial charge is 0.504 e. The Hall–Kier alpha value is -1.75. The number of para-hydroxylation sites is 1. The number of nitrogens with one attached hydrogen (secondary N) is 2. The Labute approximate surface area is 107 Å². The molecule has 1 aromatic rings. The lowest BCUT2D eigenvalue weighted by Gasteiger charge is -2.08. The number of carbonyl (C=O) groups is 1. The molecule has 0 atom stereocenters. The molecule has 1 rings (SSSR count). The van der Waals surface area contributed by atoms with Gasteiger partial charge in [0.1, 0.15) is 0 Å². The average molecular weight is 252 g/mol. The summed E-state index contributed by atoms with van der Waals surface area (Å²) in [5.41, 5.74) is 0.615. The van der Waals surface area contributed by atoms with Crippen molar-refractivity contribution in [3.63, 3.8) is 0 Å². The first-order chi connectivity index (χ1) is 8.65. The number of rotatable bonds is 7. The van der Waals surface area contributed by atoms with Gasteiger partial charge in [-0.25, -0.2) is 0 Å². The number of hydrogen-bond acceptors (Lipinski definition) is 4. The summed E-state index contributed by atoms with van der Waals surface area (Å²) >= 11 is 0. The van der Waals surface area contributed by atoms with Gasteiger partial charge in [-0.05, 0) is 12.5 Å². The van der Waals surface area contributed by atoms with E-state index in [-0.39, 0.29) is 17.4 Å². The zero-order valence-corrected chi connectivity index (χ0v) is 10.6. The van der Waals surface area contributed by atoms with Gasteiger partial charge >= 0.3 is 0 Å². The number of hydrogen-bond donors (Lipinski definition) is 4. The van der Waals surface area contributed by atoms with Crippen LogP contribution in [0.2, 0.25) is 0 Å². The molecule has 4 N–H and O–H groups in total. The summed E-state index contributed by atoms with van der Waals surface area (Å²) in [6.07, 6.45) is 1.33. The van der Waals surface area contributed by atoms with Gasteiger partial charge < -0.3 is 20.8 Å². The molecule has 0 radical (unpaired) electrons. The van der Waals surface area contributed by atoms with Crippen LogP contribution in [-0.2, 0) is 11.3 Å². The zero-order chi connectivity index (χ0) is 13.4. The number of carbonyl (C=O) groups excluding carboxylic acids is 1. The second kappa shape index (κ2) is 7.55. The molecule has 0 spiro atoms. The van der Waals surface area contributed by atoms with E-state index in [2.05, 4.69) is 10.6 Å². The molecule has 100 valence electrons. The van der Waals surface area contributed by atoms with Crippen molar-refractivity contribution in [2.75, 3.05) is 13.1 Å². The smallest absolute Gasteiger partial charge is 0.221 e. The predicted octanol–water partition coefficient (Wildman–Crippen LogP) is 1.10. The molecule has 0 heterocycles. The highest BCUT2D eigenvalue weighted by Crippen LogP contribution is 2.27. The lowest BCUT2D eigenvalue weighted by molar-refractivity contribution is -0.120. The molecule has 0 fully saturated rings. The van der Waals surface area contributed by atoms with Crippen LogP contribution >= 0.6 is 0 Å². The van der Waals surface area contributed by atoms with Gasteiger partial charge in [0.2, 0.25) is 5.91 Å². The van der Waals surface area contributed by atoms with E-state index in [1.54, 1.807) is 12.1 Å². The first-order valence-corrected chi connectivity index (χ1v) is 6.12. The van der Waals surface area contributed by atoms with Gasteiger partial charge in [0.05, 0.1) is 0 Å². The fourth-order valence-corrected chi connectivity index (χ4v) is 1.50. The van der Waals surface area contributed by atoms with Crippen molar-refractivity contribution in [2.45, 2.75) is 26.3 Å². The second-order valence-corrected chi connectivity index (χ2v) is 4.06. The molecular formula is C13H20N2O3. The third-order valence-electron chi connectivity index (χ3n) is 2.51. The van der Waals surface area contributed by atoms with E-state index in [1.165, 1.54) is 6.07 Å². The van der Waals surface area contributed by atoms with E-state index < -0.39 is 0 Å². The molecule has 0 aliphatic heterocycles. The number of benzene rings is 1. The quantitative estimate of drug-likeness (QED) is 0.433. The van der Waals surface area contributed by atoms with Gasteiger partial charge in [0.15, 0.2) is 11.5 Å². The lowest BCUT2D eigenvalue weighted by atomic mass is 10.2. The second-order valence-electron chi connectivity index (χ2n) is 4.06. The van der Waals surface area contributed by atoms with Crippen LogP contribution in [-0.4, -0.2) is 29.2 Å². The highest BCUT2D eigenvalue weighted by molar-refractivity contribution is 5.75. The van der Waals surface area contributed by atoms with E-state index in [9.17, 15) is 15.0 Å². The average Bonchev–Trinajstić information content (AvgIpc) is 2.37. The Morgan fingerprint density at radius 3 is 2.78 bits per heavy atom. The van der Waals surface area contributed by atoms with Crippen LogP contribution < -0.4 is 10.6 Å². The van der Waals surface area contributed by atoms with Crippen molar-refractivity contribution >= 4 is 5.91 Å². The number of phenolic OH excluding ortho intramolecular Hbond substituents is 2. The van der Waals surface area contributed by atoms with Crippen LogP contribution in [0.5, 0.6) is 11.5 Å². The molecule has 0 aromatic heterocycles. The van der Waals surface area contributed by atoms with Gasteiger partial charge in [-0.1, -0.05) is 19.1 Å². The summed E-state index contributed by atoms with van der Waals surface area (Å²) < 4.78 is 0. The van der Waals surface area contributed by atoms with Crippen LogP contribution in [0.1, 0.15) is 25.3 Å². The summed E-state index contributed by atoms with van der Waals surface area (Å²) in [6.45, 7) is 3.65. The minimum atomic E-state index is -0.130. The molecule has 5 nitrogen and oxygen atoms in total. The minimum absolute atomic E-state index is 0.0180. The molecular weight excluding hydrogens is 232 g/mol. The minimum Gasteiger partial charge on any atom is -0.504 e. The maximum atomic E-state index is 11.3. The van der Waals surface area contributed by atoms with Crippen LogP contribution in [0.3, 0.4) is 0 Å². The van der Waals surface area contributed by atoms with Gasteiger partial charge in [-0.2, -0.15) is 0 Å². The maximum Gasteiger partial charge on any atom is 0.221 e. The topological polar surface area (TPSA) is 81.6 Å². The molecule has 1 aromatic carbocycles. The van der Waals surface area contributed by atoms with Crippen molar-refractivity contribution in [1.29, 1.82) is 0 Å². The molecule has 0 saturated carbocycles. The first kappa shape index (κ1) is 14.3. The number of amides is 1. The third-order valence-corrected chi connectivity index (χ3v) is 2.51. The van der Waals surface area contributed by atoms with E-state index in [0.717, 1.165) is 6.42 Å². The Bertz CT molecular complexity index is 394. The normalized spacial score (nSPS) is 10.3. The standard InChI is InChI=1S/C13H20N2O3/c1-2-7-15-12(17)6-8-14-9-10-4-3-5-11(16)13(10)18/h3-5,14,16,18H,2,6-9H2,1H3,(H,15,17).